The predicted molar refractivity (Wildman–Crippen MR) is 132 cm³/mol. The maximum Gasteiger partial charge on any atom is 0.302 e. The van der Waals surface area contributed by atoms with Gasteiger partial charge in [-0.15, -0.1) is 0 Å². The van der Waals surface area contributed by atoms with Crippen molar-refractivity contribution in [3.05, 3.63) is 88.5 Å². The number of benzene rings is 3. The van der Waals surface area contributed by atoms with Crippen LogP contribution in [0.15, 0.2) is 60.2 Å². The number of hydrogen-bond donors (Lipinski definition) is 2. The van der Waals surface area contributed by atoms with Crippen molar-refractivity contribution in [1.29, 1.82) is 0 Å². The Balaban J connectivity index is 1.77. The quantitative estimate of drug-likeness (QED) is 0.230. The number of imidazole rings is 1. The molecule has 37 heavy (non-hydrogen) atoms. The number of fused-ring (bicyclic) bond motifs is 1. The summed E-state index contributed by atoms with van der Waals surface area (Å²) in [7, 11) is 2.89. The number of nitrogens with zero attached hydrogens (tertiary/aromatic N) is 2. The number of halogens is 2. The number of Topliss-reactive ketones (excluding diaryl/α,β-unsaturated/α-hetero) is 1. The summed E-state index contributed by atoms with van der Waals surface area (Å²) in [4.78, 5) is 34.9. The number of rotatable bonds is 5. The number of anilines is 1. The molecule has 1 saturated heterocycles. The summed E-state index contributed by atoms with van der Waals surface area (Å²) >= 11 is 0. The number of amides is 1. The smallest absolute Gasteiger partial charge is 0.302 e. The molecular formula is C27H21F2N3O5. The van der Waals surface area contributed by atoms with Crippen molar-refractivity contribution < 1.29 is 33.0 Å². The Labute approximate surface area is 209 Å². The summed E-state index contributed by atoms with van der Waals surface area (Å²) in [5.41, 5.74) is 1.42. The summed E-state index contributed by atoms with van der Waals surface area (Å²) in [6, 6.07) is 12.4. The van der Waals surface area contributed by atoms with E-state index in [0.29, 0.717) is 17.1 Å². The van der Waals surface area contributed by atoms with Crippen LogP contribution in [0.3, 0.4) is 0 Å². The minimum absolute atomic E-state index is 0.0561. The highest BCUT2D eigenvalue weighted by Gasteiger charge is 2.48. The lowest BCUT2D eigenvalue weighted by atomic mass is 9.94. The Kier molecular flexibility index (Phi) is 5.87. The number of H-pyrrole nitrogens is 1. The highest BCUT2D eigenvalue weighted by atomic mass is 19.2. The van der Waals surface area contributed by atoms with Crippen molar-refractivity contribution >= 4 is 34.4 Å². The van der Waals surface area contributed by atoms with Gasteiger partial charge in [-0.25, -0.2) is 13.8 Å². The van der Waals surface area contributed by atoms with Crippen LogP contribution in [-0.2, 0) is 9.59 Å². The number of carbonyl (C=O) groups excluding carboxylic acids is 2. The molecule has 0 bridgehead atoms. The molecule has 4 aromatic rings. The summed E-state index contributed by atoms with van der Waals surface area (Å²) in [5, 5.41) is 11.4. The van der Waals surface area contributed by atoms with Gasteiger partial charge >= 0.3 is 5.91 Å². The van der Waals surface area contributed by atoms with Gasteiger partial charge in [-0.05, 0) is 36.8 Å². The molecular weight excluding hydrogens is 484 g/mol. The lowest BCUT2D eigenvalue weighted by Crippen LogP contribution is -2.30. The molecule has 10 heteroatoms. The van der Waals surface area contributed by atoms with Crippen molar-refractivity contribution in [1.82, 2.24) is 9.97 Å². The summed E-state index contributed by atoms with van der Waals surface area (Å²) in [6.07, 6.45) is 0. The van der Waals surface area contributed by atoms with Crippen molar-refractivity contribution in [2.24, 2.45) is 0 Å². The van der Waals surface area contributed by atoms with Crippen LogP contribution in [0.2, 0.25) is 0 Å². The molecule has 2 heterocycles. The maximum absolute atomic E-state index is 13.8. The fourth-order valence-corrected chi connectivity index (χ4v) is 4.44. The molecule has 0 spiro atoms. The van der Waals surface area contributed by atoms with Gasteiger partial charge < -0.3 is 19.6 Å². The van der Waals surface area contributed by atoms with E-state index < -0.39 is 35.1 Å². The molecule has 8 nitrogen and oxygen atoms in total. The van der Waals surface area contributed by atoms with Gasteiger partial charge in [-0.2, -0.15) is 0 Å². The second kappa shape index (κ2) is 9.05. The number of aliphatic hydroxyl groups excluding tert-OH is 1. The van der Waals surface area contributed by atoms with Crippen LogP contribution >= 0.6 is 0 Å². The lowest BCUT2D eigenvalue weighted by Gasteiger charge is -2.23. The van der Waals surface area contributed by atoms with E-state index in [1.54, 1.807) is 49.4 Å². The average Bonchev–Trinajstić information content (AvgIpc) is 3.41. The standard InChI is InChI=1S/C27H21F2N3O5/c1-13-7-8-21(37-3)16(9-13)24(33)22-23(14-5-4-6-15(10-14)36-2)32(26(35)25(22)34)27-30-19-11-17(28)18(29)12-20(19)31-27/h4-12,23,33H,1-3H3,(H,30,31)/b24-22+. The Hall–Kier alpha value is -4.73. The zero-order valence-electron chi connectivity index (χ0n) is 20.0. The molecule has 1 fully saturated rings. The van der Waals surface area contributed by atoms with E-state index in [0.717, 1.165) is 22.6 Å². The maximum atomic E-state index is 13.8. The zero-order valence-corrected chi connectivity index (χ0v) is 20.0. The number of aromatic nitrogens is 2. The Morgan fingerprint density at radius 2 is 1.78 bits per heavy atom. The van der Waals surface area contributed by atoms with E-state index in [1.807, 2.05) is 0 Å². The van der Waals surface area contributed by atoms with E-state index in [2.05, 4.69) is 9.97 Å². The number of aliphatic hydroxyl groups is 1. The third-order valence-corrected chi connectivity index (χ3v) is 6.20. The zero-order chi connectivity index (χ0) is 26.4. The van der Waals surface area contributed by atoms with E-state index >= 15 is 0 Å². The van der Waals surface area contributed by atoms with Crippen molar-refractivity contribution in [3.8, 4) is 11.5 Å². The van der Waals surface area contributed by atoms with Crippen LogP contribution in [0.1, 0.15) is 22.7 Å². The van der Waals surface area contributed by atoms with Crippen LogP contribution < -0.4 is 14.4 Å². The first-order chi connectivity index (χ1) is 17.7. The molecule has 1 aromatic heterocycles. The number of nitrogens with one attached hydrogen (secondary N) is 1. The van der Waals surface area contributed by atoms with Crippen LogP contribution in [0.4, 0.5) is 14.7 Å². The molecule has 1 unspecified atom stereocenters. The van der Waals surface area contributed by atoms with Crippen LogP contribution in [0.25, 0.3) is 16.8 Å². The number of hydrogen-bond acceptors (Lipinski definition) is 6. The first kappa shape index (κ1) is 24.0. The molecule has 3 aromatic carbocycles. The molecule has 188 valence electrons. The normalized spacial score (nSPS) is 17.0. The second-order valence-electron chi connectivity index (χ2n) is 8.49. The molecule has 1 aliphatic heterocycles. The van der Waals surface area contributed by atoms with E-state index in [-0.39, 0.29) is 28.1 Å². The molecule has 0 aliphatic carbocycles. The number of aromatic amines is 1. The summed E-state index contributed by atoms with van der Waals surface area (Å²) in [6.45, 7) is 1.81. The van der Waals surface area contributed by atoms with Gasteiger partial charge in [0.1, 0.15) is 17.3 Å². The van der Waals surface area contributed by atoms with Crippen LogP contribution in [-0.4, -0.2) is 41.0 Å². The fourth-order valence-electron chi connectivity index (χ4n) is 4.44. The number of ether oxygens (including phenoxy) is 2. The molecule has 0 saturated carbocycles. The van der Waals surface area contributed by atoms with Gasteiger partial charge in [0.05, 0.1) is 42.4 Å². The Morgan fingerprint density at radius 3 is 2.51 bits per heavy atom. The predicted octanol–water partition coefficient (Wildman–Crippen LogP) is 4.79. The van der Waals surface area contributed by atoms with Crippen molar-refractivity contribution in [3.63, 3.8) is 0 Å². The van der Waals surface area contributed by atoms with E-state index in [9.17, 15) is 23.5 Å². The second-order valence-corrected chi connectivity index (χ2v) is 8.49. The van der Waals surface area contributed by atoms with Gasteiger partial charge in [0.15, 0.2) is 11.6 Å². The topological polar surface area (TPSA) is 105 Å². The van der Waals surface area contributed by atoms with Crippen molar-refractivity contribution in [2.75, 3.05) is 19.1 Å². The summed E-state index contributed by atoms with van der Waals surface area (Å²) in [5.74, 6) is -3.97. The highest BCUT2D eigenvalue weighted by Crippen LogP contribution is 2.43. The number of methoxy groups -OCH3 is 2. The number of carbonyl (C=O) groups is 2. The monoisotopic (exact) mass is 505 g/mol. The highest BCUT2D eigenvalue weighted by molar-refractivity contribution is 6.51. The third kappa shape index (κ3) is 3.96. The minimum Gasteiger partial charge on any atom is -0.507 e. The molecule has 2 N–H and O–H groups in total. The van der Waals surface area contributed by atoms with Gasteiger partial charge in [0, 0.05) is 12.1 Å². The molecule has 1 amide bonds. The Morgan fingerprint density at radius 1 is 1.03 bits per heavy atom. The van der Waals surface area contributed by atoms with Gasteiger partial charge in [-0.3, -0.25) is 14.5 Å². The largest absolute Gasteiger partial charge is 0.507 e. The van der Waals surface area contributed by atoms with E-state index in [1.165, 1.54) is 14.2 Å². The lowest BCUT2D eigenvalue weighted by molar-refractivity contribution is -0.132. The Bertz CT molecular complexity index is 1570. The number of ketones is 1. The first-order valence-electron chi connectivity index (χ1n) is 11.2. The van der Waals surface area contributed by atoms with Crippen LogP contribution in [0.5, 0.6) is 11.5 Å². The first-order valence-corrected chi connectivity index (χ1v) is 11.2. The minimum atomic E-state index is -1.14. The molecule has 1 atom stereocenters. The van der Waals surface area contributed by atoms with Crippen molar-refractivity contribution in [2.45, 2.75) is 13.0 Å². The van der Waals surface area contributed by atoms with Gasteiger partial charge in [0.25, 0.3) is 5.78 Å². The summed E-state index contributed by atoms with van der Waals surface area (Å²) < 4.78 is 38.4. The number of aryl methyl sites for hydroxylation is 1. The van der Waals surface area contributed by atoms with E-state index in [4.69, 9.17) is 9.47 Å². The molecule has 1 aliphatic rings. The van der Waals surface area contributed by atoms with Gasteiger partial charge in [0.2, 0.25) is 5.95 Å². The average molecular weight is 505 g/mol. The fraction of sp³-hybridized carbons (Fsp3) is 0.148. The molecule has 5 rings (SSSR count). The third-order valence-electron chi connectivity index (χ3n) is 6.20. The molecule has 0 radical (unpaired) electrons. The van der Waals surface area contributed by atoms with Crippen LogP contribution in [0, 0.1) is 18.6 Å². The van der Waals surface area contributed by atoms with Gasteiger partial charge in [-0.1, -0.05) is 23.8 Å². The SMILES string of the molecule is COc1cccc(C2/C(=C(\O)c3cc(C)ccc3OC)C(=O)C(=O)N2c2nc3cc(F)c(F)cc3[nH]2)c1.